The maximum Gasteiger partial charge on any atom is 0.245 e. The average Bonchev–Trinajstić information content (AvgIpc) is 3.97. The van der Waals surface area contributed by atoms with Gasteiger partial charge >= 0.3 is 0 Å². The third-order valence-corrected chi connectivity index (χ3v) is 13.5. The molecule has 2 aromatic carbocycles. The molecule has 0 spiro atoms. The van der Waals surface area contributed by atoms with Crippen molar-refractivity contribution in [3.05, 3.63) is 58.7 Å². The number of carbonyl (C=O) groups excluding carboxylic acids is 6. The standard InChI is InChI=1S/C47H67N7O6/c1-7-28(4)42(55)49-36(8-2)46(59)53-26-14-24-40(53)44(57)51-38-22-12-18-32-30(16-10-20-34(32)38)31-17-11-21-35-33(31)19-13-23-39(35)52-45(58)41-25-15-27-54(41)47(60)37(9-3)50-43(56)29(5)48-6/h10-11,16-17,20-21,28-29,36-41,48H,7-9,12-15,18-19,22-27H2,1-6H3,(H,49,55)(H,50,56)(H,51,57)(H,52,58)/t28-,29+,36+,37+,38-,39-,40+,41+/m1/s1. The van der Waals surface area contributed by atoms with Crippen LogP contribution in [0.3, 0.4) is 0 Å². The Balaban J connectivity index is 1.16. The molecular weight excluding hydrogens is 759 g/mol. The van der Waals surface area contributed by atoms with Gasteiger partial charge in [-0.1, -0.05) is 64.1 Å². The van der Waals surface area contributed by atoms with Crippen LogP contribution in [0.15, 0.2) is 36.4 Å². The number of fused-ring (bicyclic) bond motifs is 2. The van der Waals surface area contributed by atoms with E-state index in [9.17, 15) is 28.8 Å². The van der Waals surface area contributed by atoms with Gasteiger partial charge in [0.2, 0.25) is 35.4 Å². The first-order valence-electron chi connectivity index (χ1n) is 22.7. The second-order valence-electron chi connectivity index (χ2n) is 17.3. The Morgan fingerprint density at radius 2 is 1.07 bits per heavy atom. The maximum atomic E-state index is 14.0. The number of rotatable bonds is 15. The molecule has 2 fully saturated rings. The fourth-order valence-electron chi connectivity index (χ4n) is 9.65. The van der Waals surface area contributed by atoms with E-state index < -0.39 is 30.2 Å². The lowest BCUT2D eigenvalue weighted by Gasteiger charge is -2.33. The monoisotopic (exact) mass is 826 g/mol. The number of hydrogen-bond acceptors (Lipinski definition) is 7. The van der Waals surface area contributed by atoms with Gasteiger partial charge in [-0.25, -0.2) is 0 Å². The maximum absolute atomic E-state index is 14.0. The molecular formula is C47H67N7O6. The Morgan fingerprint density at radius 1 is 0.617 bits per heavy atom. The summed E-state index contributed by atoms with van der Waals surface area (Å²) >= 11 is 0. The van der Waals surface area contributed by atoms with Crippen LogP contribution in [0, 0.1) is 5.92 Å². The van der Waals surface area contributed by atoms with Crippen molar-refractivity contribution in [2.75, 3.05) is 20.1 Å². The molecule has 8 atom stereocenters. The van der Waals surface area contributed by atoms with E-state index in [0.717, 1.165) is 73.6 Å². The summed E-state index contributed by atoms with van der Waals surface area (Å²) in [7, 11) is 1.70. The van der Waals surface area contributed by atoms with Crippen LogP contribution >= 0.6 is 0 Å². The van der Waals surface area contributed by atoms with E-state index in [1.165, 1.54) is 11.1 Å². The Bertz CT molecular complexity index is 1780. The minimum Gasteiger partial charge on any atom is -0.347 e. The molecule has 0 saturated carbocycles. The van der Waals surface area contributed by atoms with Gasteiger partial charge in [0, 0.05) is 19.0 Å². The predicted molar refractivity (Wildman–Crippen MR) is 231 cm³/mol. The molecule has 2 aliphatic heterocycles. The van der Waals surface area contributed by atoms with E-state index >= 15 is 0 Å². The highest BCUT2D eigenvalue weighted by molar-refractivity contribution is 5.94. The molecule has 6 rings (SSSR count). The Morgan fingerprint density at radius 3 is 1.48 bits per heavy atom. The Hall–Kier alpha value is -4.78. The first-order valence-corrected chi connectivity index (χ1v) is 22.7. The molecule has 4 aliphatic rings. The highest BCUT2D eigenvalue weighted by Crippen LogP contribution is 2.42. The van der Waals surface area contributed by atoms with Gasteiger partial charge in [-0.05, 0) is 131 Å². The summed E-state index contributed by atoms with van der Waals surface area (Å²) in [4.78, 5) is 84.0. The Kier molecular flexibility index (Phi) is 15.1. The van der Waals surface area contributed by atoms with Crippen molar-refractivity contribution in [2.45, 2.75) is 160 Å². The number of likely N-dealkylation sites (N-methyl/N-ethyl adjacent to an activating group) is 1. The fourth-order valence-corrected chi connectivity index (χ4v) is 9.65. The molecule has 0 radical (unpaired) electrons. The summed E-state index contributed by atoms with van der Waals surface area (Å²) in [5.74, 6) is -1.30. The van der Waals surface area contributed by atoms with Crippen molar-refractivity contribution >= 4 is 35.4 Å². The number of nitrogens with zero attached hydrogens (tertiary/aromatic N) is 2. The number of likely N-dealkylation sites (tertiary alicyclic amines) is 2. The Labute approximate surface area is 355 Å². The zero-order valence-corrected chi connectivity index (χ0v) is 36.5. The molecule has 326 valence electrons. The highest BCUT2D eigenvalue weighted by atomic mass is 16.2. The largest absolute Gasteiger partial charge is 0.347 e. The zero-order valence-electron chi connectivity index (χ0n) is 36.5. The van der Waals surface area contributed by atoms with Gasteiger partial charge in [-0.2, -0.15) is 0 Å². The van der Waals surface area contributed by atoms with Crippen molar-refractivity contribution in [1.29, 1.82) is 0 Å². The minimum atomic E-state index is -0.695. The second-order valence-corrected chi connectivity index (χ2v) is 17.3. The molecule has 2 heterocycles. The molecule has 0 bridgehead atoms. The van der Waals surface area contributed by atoms with E-state index in [1.54, 1.807) is 23.8 Å². The molecule has 60 heavy (non-hydrogen) atoms. The highest BCUT2D eigenvalue weighted by Gasteiger charge is 2.40. The predicted octanol–water partition coefficient (Wildman–Crippen LogP) is 4.77. The van der Waals surface area contributed by atoms with Crippen LogP contribution in [-0.4, -0.2) is 95.6 Å². The lowest BCUT2D eigenvalue weighted by atomic mass is 9.78. The van der Waals surface area contributed by atoms with Gasteiger partial charge in [0.25, 0.3) is 0 Å². The van der Waals surface area contributed by atoms with Gasteiger partial charge in [0.15, 0.2) is 0 Å². The van der Waals surface area contributed by atoms with E-state index in [2.05, 4.69) is 63.0 Å². The first-order chi connectivity index (χ1) is 28.9. The van der Waals surface area contributed by atoms with Crippen LogP contribution in [0.25, 0.3) is 11.1 Å². The van der Waals surface area contributed by atoms with Crippen LogP contribution in [0.4, 0.5) is 0 Å². The van der Waals surface area contributed by atoms with Crippen molar-refractivity contribution in [3.8, 4) is 11.1 Å². The summed E-state index contributed by atoms with van der Waals surface area (Å²) in [5, 5.41) is 15.4. The third-order valence-electron chi connectivity index (χ3n) is 13.5. The lowest BCUT2D eigenvalue weighted by molar-refractivity contribution is -0.142. The van der Waals surface area contributed by atoms with Crippen LogP contribution in [0.2, 0.25) is 0 Å². The third kappa shape index (κ3) is 9.56. The van der Waals surface area contributed by atoms with Crippen LogP contribution in [0.5, 0.6) is 0 Å². The molecule has 5 N–H and O–H groups in total. The van der Waals surface area contributed by atoms with Crippen LogP contribution in [0.1, 0.15) is 140 Å². The molecule has 2 aromatic rings. The molecule has 13 nitrogen and oxygen atoms in total. The minimum absolute atomic E-state index is 0.138. The van der Waals surface area contributed by atoms with Crippen molar-refractivity contribution in [2.24, 2.45) is 5.92 Å². The first kappa shape index (κ1) is 44.8. The number of carbonyl (C=O) groups is 6. The summed E-state index contributed by atoms with van der Waals surface area (Å²) < 4.78 is 0. The topological polar surface area (TPSA) is 169 Å². The molecule has 0 aromatic heterocycles. The zero-order chi connectivity index (χ0) is 43.1. The van der Waals surface area contributed by atoms with Gasteiger partial charge < -0.3 is 36.4 Å². The van der Waals surface area contributed by atoms with Crippen molar-refractivity contribution in [1.82, 2.24) is 36.4 Å². The lowest BCUT2D eigenvalue weighted by Crippen LogP contribution is -2.55. The van der Waals surface area contributed by atoms with E-state index in [0.29, 0.717) is 45.2 Å². The summed E-state index contributed by atoms with van der Waals surface area (Å²) in [6.07, 6.45) is 9.35. The molecule has 6 amide bonds. The van der Waals surface area contributed by atoms with Crippen LogP contribution < -0.4 is 26.6 Å². The van der Waals surface area contributed by atoms with Crippen LogP contribution in [-0.2, 0) is 41.6 Å². The number of amides is 6. The number of nitrogens with one attached hydrogen (secondary N) is 5. The van der Waals surface area contributed by atoms with Crippen molar-refractivity contribution in [3.63, 3.8) is 0 Å². The summed E-state index contributed by atoms with van der Waals surface area (Å²) in [5.41, 5.74) is 6.91. The van der Waals surface area contributed by atoms with Gasteiger partial charge in [0.1, 0.15) is 24.2 Å². The molecule has 2 aliphatic carbocycles. The smallest absolute Gasteiger partial charge is 0.245 e. The van der Waals surface area contributed by atoms with E-state index in [1.807, 2.05) is 27.7 Å². The number of benzene rings is 2. The molecule has 2 saturated heterocycles. The van der Waals surface area contributed by atoms with Gasteiger partial charge in [-0.3, -0.25) is 28.8 Å². The molecule has 13 heteroatoms. The second kappa shape index (κ2) is 20.2. The fraction of sp³-hybridized carbons (Fsp3) is 0.617. The van der Waals surface area contributed by atoms with Gasteiger partial charge in [0.05, 0.1) is 18.1 Å². The molecule has 0 unspecified atom stereocenters. The van der Waals surface area contributed by atoms with E-state index in [-0.39, 0.29) is 53.4 Å². The SMILES string of the molecule is CC[C@@H](C)C(=O)N[C@@H](CC)C(=O)N1CCC[C@H]1C(=O)N[C@@H]1CCCc2c(-c3cccc4c3CCC[C@H]4NC(=O)[C@@H]3CCCN3C(=O)[C@H](CC)NC(=O)[C@H](C)NC)cccc21. The number of hydrogen-bond donors (Lipinski definition) is 5. The van der Waals surface area contributed by atoms with Gasteiger partial charge in [-0.15, -0.1) is 0 Å². The summed E-state index contributed by atoms with van der Waals surface area (Å²) in [6.45, 7) is 10.3. The normalized spacial score (nSPS) is 23.0. The van der Waals surface area contributed by atoms with E-state index in [4.69, 9.17) is 0 Å². The summed E-state index contributed by atoms with van der Waals surface area (Å²) in [6, 6.07) is 9.33. The average molecular weight is 826 g/mol. The quantitative estimate of drug-likeness (QED) is 0.173. The van der Waals surface area contributed by atoms with Crippen molar-refractivity contribution < 1.29 is 28.8 Å².